The highest BCUT2D eigenvalue weighted by atomic mass is 14.7. The van der Waals surface area contributed by atoms with E-state index in [4.69, 9.17) is 0 Å². The molecule has 3 aliphatic carbocycles. The Labute approximate surface area is 108 Å². The fourth-order valence-corrected chi connectivity index (χ4v) is 4.65. The normalized spacial score (nSPS) is 33.0. The van der Waals surface area contributed by atoms with E-state index >= 15 is 0 Å². The third-order valence-corrected chi connectivity index (χ3v) is 5.54. The van der Waals surface area contributed by atoms with Gasteiger partial charge in [0.25, 0.3) is 0 Å². The lowest BCUT2D eigenvalue weighted by molar-refractivity contribution is 0.750. The minimum atomic E-state index is 0.713. The molecule has 0 aromatic heterocycles. The van der Waals surface area contributed by atoms with Crippen molar-refractivity contribution in [3.8, 4) is 0 Å². The molecule has 0 bridgehead atoms. The summed E-state index contributed by atoms with van der Waals surface area (Å²) in [5, 5.41) is 0. The molecule has 0 amide bonds. The van der Waals surface area contributed by atoms with Gasteiger partial charge in [-0.1, -0.05) is 36.4 Å². The summed E-state index contributed by atoms with van der Waals surface area (Å²) in [5.74, 6) is 3.31. The maximum atomic E-state index is 2.47. The van der Waals surface area contributed by atoms with Crippen molar-refractivity contribution in [3.05, 3.63) is 69.8 Å². The summed E-state index contributed by atoms with van der Waals surface area (Å²) in [6, 6.07) is 14.1. The number of benzene rings is 2. The van der Waals surface area contributed by atoms with E-state index in [0.717, 1.165) is 17.8 Å². The second kappa shape index (κ2) is 2.71. The minimum absolute atomic E-state index is 0.713. The Morgan fingerprint density at radius 3 is 2.11 bits per heavy atom. The van der Waals surface area contributed by atoms with Gasteiger partial charge in [-0.25, -0.2) is 0 Å². The van der Waals surface area contributed by atoms with E-state index in [-0.39, 0.29) is 0 Å². The van der Waals surface area contributed by atoms with Crippen LogP contribution in [0.25, 0.3) is 0 Å². The second-order valence-corrected chi connectivity index (χ2v) is 6.30. The molecule has 2 aromatic carbocycles. The minimum Gasteiger partial charge on any atom is -0.0620 e. The van der Waals surface area contributed by atoms with Crippen LogP contribution >= 0.6 is 0 Å². The van der Waals surface area contributed by atoms with Gasteiger partial charge < -0.3 is 0 Å². The van der Waals surface area contributed by atoms with Crippen LogP contribution in [0, 0.1) is 19.8 Å². The fourth-order valence-electron chi connectivity index (χ4n) is 4.65. The van der Waals surface area contributed by atoms with Crippen LogP contribution in [0.1, 0.15) is 51.1 Å². The molecule has 0 radical (unpaired) electrons. The predicted octanol–water partition coefficient (Wildman–Crippen LogP) is 4.26. The van der Waals surface area contributed by atoms with E-state index < -0.39 is 0 Å². The zero-order chi connectivity index (χ0) is 12.0. The van der Waals surface area contributed by atoms with Gasteiger partial charge >= 0.3 is 0 Å². The molecule has 18 heavy (non-hydrogen) atoms. The van der Waals surface area contributed by atoms with Crippen molar-refractivity contribution < 1.29 is 0 Å². The van der Waals surface area contributed by atoms with Crippen molar-refractivity contribution in [2.45, 2.75) is 31.6 Å². The summed E-state index contributed by atoms with van der Waals surface area (Å²) in [6.45, 7) is 4.50. The molecule has 0 heteroatoms. The van der Waals surface area contributed by atoms with Gasteiger partial charge in [-0.05, 0) is 65.0 Å². The van der Waals surface area contributed by atoms with Crippen molar-refractivity contribution in [3.63, 3.8) is 0 Å². The van der Waals surface area contributed by atoms with Gasteiger partial charge in [0.2, 0.25) is 0 Å². The smallest absolute Gasteiger partial charge is 0.0135 e. The fraction of sp³-hybridized carbons (Fsp3) is 0.333. The van der Waals surface area contributed by atoms with Gasteiger partial charge in [0.05, 0.1) is 0 Å². The zero-order valence-electron chi connectivity index (χ0n) is 10.8. The zero-order valence-corrected chi connectivity index (χ0v) is 10.8. The van der Waals surface area contributed by atoms with E-state index in [2.05, 4.69) is 50.2 Å². The van der Waals surface area contributed by atoms with Crippen LogP contribution in [-0.4, -0.2) is 0 Å². The SMILES string of the molecule is Cc1cc2c(cc1C)[C@@H]1[C@@H]3c4ccccc4[C@H]2[C@@H]13. The molecule has 88 valence electrons. The van der Waals surface area contributed by atoms with Gasteiger partial charge in [0.1, 0.15) is 0 Å². The topological polar surface area (TPSA) is 0 Å². The maximum Gasteiger partial charge on any atom is 0.0135 e. The lowest BCUT2D eigenvalue weighted by atomic mass is 9.91. The van der Waals surface area contributed by atoms with Crippen LogP contribution < -0.4 is 0 Å². The molecule has 2 aromatic rings. The lowest BCUT2D eigenvalue weighted by Gasteiger charge is -2.13. The van der Waals surface area contributed by atoms with E-state index in [9.17, 15) is 0 Å². The van der Waals surface area contributed by atoms with Gasteiger partial charge in [-0.2, -0.15) is 0 Å². The molecule has 1 saturated carbocycles. The van der Waals surface area contributed by atoms with E-state index in [1.165, 1.54) is 11.1 Å². The second-order valence-electron chi connectivity index (χ2n) is 6.30. The Kier molecular flexibility index (Phi) is 1.41. The Morgan fingerprint density at radius 2 is 1.33 bits per heavy atom. The molecule has 0 aliphatic heterocycles. The molecular formula is C18H16. The maximum absolute atomic E-state index is 2.47. The van der Waals surface area contributed by atoms with Crippen molar-refractivity contribution in [1.29, 1.82) is 0 Å². The van der Waals surface area contributed by atoms with Crippen LogP contribution in [0.2, 0.25) is 0 Å². The van der Waals surface area contributed by atoms with Gasteiger partial charge in [-0.3, -0.25) is 0 Å². The number of rotatable bonds is 0. The van der Waals surface area contributed by atoms with Crippen LogP contribution in [0.3, 0.4) is 0 Å². The quantitative estimate of drug-likeness (QED) is 0.636. The van der Waals surface area contributed by atoms with Crippen molar-refractivity contribution >= 4 is 0 Å². The van der Waals surface area contributed by atoms with Crippen LogP contribution in [0.5, 0.6) is 0 Å². The van der Waals surface area contributed by atoms with E-state index in [0.29, 0.717) is 5.92 Å². The molecule has 1 fully saturated rings. The van der Waals surface area contributed by atoms with Crippen LogP contribution in [0.4, 0.5) is 0 Å². The van der Waals surface area contributed by atoms with Crippen molar-refractivity contribution in [2.75, 3.05) is 0 Å². The molecule has 4 atom stereocenters. The third kappa shape index (κ3) is 0.849. The largest absolute Gasteiger partial charge is 0.0620 e. The average molecular weight is 232 g/mol. The first kappa shape index (κ1) is 9.38. The summed E-state index contributed by atoms with van der Waals surface area (Å²) in [4.78, 5) is 0. The molecule has 0 spiro atoms. The summed E-state index contributed by atoms with van der Waals surface area (Å²) < 4.78 is 0. The summed E-state index contributed by atoms with van der Waals surface area (Å²) in [5.41, 5.74) is 9.47. The number of hydrogen-bond acceptors (Lipinski definition) is 0. The number of hydrogen-bond donors (Lipinski definition) is 0. The van der Waals surface area contributed by atoms with Crippen LogP contribution in [0.15, 0.2) is 36.4 Å². The number of aryl methyl sites for hydroxylation is 2. The first-order valence-electron chi connectivity index (χ1n) is 6.97. The highest BCUT2D eigenvalue weighted by Gasteiger charge is 2.66. The monoisotopic (exact) mass is 232 g/mol. The molecule has 0 unspecified atom stereocenters. The molecule has 5 rings (SSSR count). The van der Waals surface area contributed by atoms with Crippen molar-refractivity contribution in [1.82, 2.24) is 0 Å². The Balaban J connectivity index is 1.81. The average Bonchev–Trinajstić information content (AvgIpc) is 2.92. The standard InChI is InChI=1S/C18H16/c1-9-7-13-14(8-10(9)2)17-16-12-6-4-3-5-11(12)15(13)18(16)17/h3-8,15-18H,1-2H3/t15-,16+,17-,18-/m1/s1. The lowest BCUT2D eigenvalue weighted by Crippen LogP contribution is -1.98. The summed E-state index contributed by atoms with van der Waals surface area (Å²) >= 11 is 0. The summed E-state index contributed by atoms with van der Waals surface area (Å²) in [6.07, 6.45) is 0. The first-order chi connectivity index (χ1) is 8.77. The Morgan fingerprint density at radius 1 is 0.722 bits per heavy atom. The molecule has 0 saturated heterocycles. The highest BCUT2D eigenvalue weighted by molar-refractivity contribution is 5.65. The Hall–Kier alpha value is -1.56. The molecule has 0 nitrogen and oxygen atoms in total. The van der Waals surface area contributed by atoms with E-state index in [1.807, 2.05) is 0 Å². The first-order valence-corrected chi connectivity index (χ1v) is 6.97. The molecule has 0 heterocycles. The summed E-state index contributed by atoms with van der Waals surface area (Å²) in [7, 11) is 0. The Bertz CT molecular complexity index is 695. The van der Waals surface area contributed by atoms with Crippen molar-refractivity contribution in [2.24, 2.45) is 5.92 Å². The molecular weight excluding hydrogens is 216 g/mol. The van der Waals surface area contributed by atoms with Gasteiger partial charge in [0.15, 0.2) is 0 Å². The third-order valence-electron chi connectivity index (χ3n) is 5.54. The molecule has 3 aliphatic rings. The molecule has 0 N–H and O–H groups in total. The van der Waals surface area contributed by atoms with Gasteiger partial charge in [-0.15, -0.1) is 0 Å². The number of fused-ring (bicyclic) bond motifs is 7. The predicted molar refractivity (Wildman–Crippen MR) is 73.2 cm³/mol. The highest BCUT2D eigenvalue weighted by Crippen LogP contribution is 2.77. The van der Waals surface area contributed by atoms with Gasteiger partial charge in [0, 0.05) is 5.92 Å². The van der Waals surface area contributed by atoms with Crippen LogP contribution in [-0.2, 0) is 0 Å². The van der Waals surface area contributed by atoms with E-state index in [1.54, 1.807) is 22.3 Å².